The van der Waals surface area contributed by atoms with E-state index in [0.29, 0.717) is 25.6 Å². The Hall–Kier alpha value is -2.17. The molecule has 0 saturated carbocycles. The lowest BCUT2D eigenvalue weighted by Gasteiger charge is -2.33. The SMILES string of the molecule is CC1CCCCN1Cc1ccccc1CNC(=O)CC1OCCc2ccccc21. The minimum absolute atomic E-state index is 0.0489. The van der Waals surface area contributed by atoms with Gasteiger partial charge in [-0.3, -0.25) is 9.69 Å². The summed E-state index contributed by atoms with van der Waals surface area (Å²) in [6, 6.07) is 17.4. The van der Waals surface area contributed by atoms with Crippen molar-refractivity contribution in [1.29, 1.82) is 0 Å². The van der Waals surface area contributed by atoms with Gasteiger partial charge in [-0.2, -0.15) is 0 Å². The lowest BCUT2D eigenvalue weighted by atomic mass is 9.95. The van der Waals surface area contributed by atoms with Gasteiger partial charge in [0.25, 0.3) is 0 Å². The summed E-state index contributed by atoms with van der Waals surface area (Å²) in [5.41, 5.74) is 5.00. The molecule has 0 spiro atoms. The van der Waals surface area contributed by atoms with Crippen LogP contribution in [0.3, 0.4) is 0 Å². The van der Waals surface area contributed by atoms with Crippen molar-refractivity contribution in [3.8, 4) is 0 Å². The number of amides is 1. The van der Waals surface area contributed by atoms with E-state index in [1.807, 2.05) is 6.07 Å². The van der Waals surface area contributed by atoms with Crippen LogP contribution in [0, 0.1) is 0 Å². The zero-order chi connectivity index (χ0) is 20.1. The summed E-state index contributed by atoms with van der Waals surface area (Å²) in [5, 5.41) is 3.13. The maximum absolute atomic E-state index is 12.6. The Balaban J connectivity index is 1.35. The molecule has 4 heteroatoms. The molecule has 29 heavy (non-hydrogen) atoms. The second-order valence-electron chi connectivity index (χ2n) is 8.37. The van der Waals surface area contributed by atoms with E-state index in [4.69, 9.17) is 4.74 Å². The molecule has 0 radical (unpaired) electrons. The van der Waals surface area contributed by atoms with Crippen LogP contribution in [0.2, 0.25) is 0 Å². The third-order valence-corrected chi connectivity index (χ3v) is 6.37. The Morgan fingerprint density at radius 1 is 1.10 bits per heavy atom. The third kappa shape index (κ3) is 5.06. The lowest BCUT2D eigenvalue weighted by molar-refractivity contribution is -0.124. The number of piperidine rings is 1. The van der Waals surface area contributed by atoms with Gasteiger partial charge in [-0.25, -0.2) is 0 Å². The highest BCUT2D eigenvalue weighted by molar-refractivity contribution is 5.76. The van der Waals surface area contributed by atoms with Gasteiger partial charge in [0.2, 0.25) is 5.91 Å². The Morgan fingerprint density at radius 3 is 2.76 bits per heavy atom. The normalized spacial score (nSPS) is 22.1. The molecule has 0 bridgehead atoms. The number of likely N-dealkylation sites (tertiary alicyclic amines) is 1. The van der Waals surface area contributed by atoms with E-state index in [2.05, 4.69) is 59.6 Å². The maximum Gasteiger partial charge on any atom is 0.223 e. The third-order valence-electron chi connectivity index (χ3n) is 6.37. The van der Waals surface area contributed by atoms with Crippen molar-refractivity contribution in [3.63, 3.8) is 0 Å². The fraction of sp³-hybridized carbons (Fsp3) is 0.480. The molecule has 1 fully saturated rings. The monoisotopic (exact) mass is 392 g/mol. The number of carbonyl (C=O) groups excluding carboxylic acids is 1. The molecular weight excluding hydrogens is 360 g/mol. The number of carbonyl (C=O) groups is 1. The number of fused-ring (bicyclic) bond motifs is 1. The second-order valence-corrected chi connectivity index (χ2v) is 8.37. The van der Waals surface area contributed by atoms with Crippen molar-refractivity contribution in [3.05, 3.63) is 70.8 Å². The summed E-state index contributed by atoms with van der Waals surface area (Å²) in [6.45, 7) is 5.72. The fourth-order valence-electron chi connectivity index (χ4n) is 4.58. The molecule has 2 heterocycles. The van der Waals surface area contributed by atoms with Crippen molar-refractivity contribution in [2.45, 2.75) is 64.3 Å². The number of benzene rings is 2. The minimum Gasteiger partial charge on any atom is -0.373 e. The molecule has 1 N–H and O–H groups in total. The molecule has 2 aliphatic heterocycles. The number of nitrogens with zero attached hydrogens (tertiary/aromatic N) is 1. The smallest absolute Gasteiger partial charge is 0.223 e. The highest BCUT2D eigenvalue weighted by Gasteiger charge is 2.23. The van der Waals surface area contributed by atoms with Gasteiger partial charge in [0.1, 0.15) is 0 Å². The molecule has 2 aliphatic rings. The van der Waals surface area contributed by atoms with E-state index < -0.39 is 0 Å². The maximum atomic E-state index is 12.6. The van der Waals surface area contributed by atoms with Gasteiger partial charge in [0.05, 0.1) is 19.1 Å². The van der Waals surface area contributed by atoms with Gasteiger partial charge < -0.3 is 10.1 Å². The van der Waals surface area contributed by atoms with Crippen LogP contribution in [-0.4, -0.2) is 30.0 Å². The summed E-state index contributed by atoms with van der Waals surface area (Å²) in [5.74, 6) is 0.0489. The van der Waals surface area contributed by atoms with Crippen LogP contribution in [0.5, 0.6) is 0 Å². The van der Waals surface area contributed by atoms with Gasteiger partial charge in [0.15, 0.2) is 0 Å². The van der Waals surface area contributed by atoms with Gasteiger partial charge >= 0.3 is 0 Å². The molecule has 1 saturated heterocycles. The van der Waals surface area contributed by atoms with Gasteiger partial charge in [-0.05, 0) is 55.0 Å². The highest BCUT2D eigenvalue weighted by Crippen LogP contribution is 2.29. The molecular formula is C25H32N2O2. The first-order valence-electron chi connectivity index (χ1n) is 11.0. The fourth-order valence-corrected chi connectivity index (χ4v) is 4.58. The molecule has 4 nitrogen and oxygen atoms in total. The van der Waals surface area contributed by atoms with Gasteiger partial charge in [-0.15, -0.1) is 0 Å². The van der Waals surface area contributed by atoms with E-state index in [1.165, 1.54) is 42.5 Å². The standard InChI is InChI=1S/C25H32N2O2/c1-19-8-6-7-14-27(19)18-22-11-3-2-10-21(22)17-26-25(28)16-24-23-12-5-4-9-20(23)13-15-29-24/h2-5,9-12,19,24H,6-8,13-18H2,1H3,(H,26,28). The molecule has 0 aromatic heterocycles. The van der Waals surface area contributed by atoms with Gasteiger partial charge in [0, 0.05) is 19.1 Å². The lowest BCUT2D eigenvalue weighted by Crippen LogP contribution is -2.37. The molecule has 2 atom stereocenters. The zero-order valence-electron chi connectivity index (χ0n) is 17.4. The molecule has 2 aromatic rings. The summed E-state index contributed by atoms with van der Waals surface area (Å²) < 4.78 is 5.90. The Kier molecular flexibility index (Phi) is 6.63. The molecule has 4 rings (SSSR count). The highest BCUT2D eigenvalue weighted by atomic mass is 16.5. The van der Waals surface area contributed by atoms with Crippen LogP contribution in [0.1, 0.15) is 61.0 Å². The van der Waals surface area contributed by atoms with E-state index in [1.54, 1.807) is 0 Å². The summed E-state index contributed by atoms with van der Waals surface area (Å²) in [4.78, 5) is 15.2. The Morgan fingerprint density at radius 2 is 1.90 bits per heavy atom. The molecule has 1 amide bonds. The first-order chi connectivity index (χ1) is 14.2. The number of hydrogen-bond acceptors (Lipinski definition) is 3. The molecule has 2 unspecified atom stereocenters. The average Bonchev–Trinajstić information content (AvgIpc) is 2.75. The Labute approximate surface area is 174 Å². The van der Waals surface area contributed by atoms with Crippen LogP contribution < -0.4 is 5.32 Å². The first-order valence-corrected chi connectivity index (χ1v) is 11.0. The van der Waals surface area contributed by atoms with Crippen LogP contribution in [0.25, 0.3) is 0 Å². The van der Waals surface area contributed by atoms with Gasteiger partial charge in [-0.1, -0.05) is 55.0 Å². The first kappa shape index (κ1) is 20.1. The molecule has 0 aliphatic carbocycles. The molecule has 2 aromatic carbocycles. The second kappa shape index (κ2) is 9.55. The van der Waals surface area contributed by atoms with Crippen LogP contribution in [-0.2, 0) is 29.0 Å². The predicted octanol–water partition coefficient (Wildman–Crippen LogP) is 4.38. The number of ether oxygens (including phenoxy) is 1. The summed E-state index contributed by atoms with van der Waals surface area (Å²) in [7, 11) is 0. The van der Waals surface area contributed by atoms with E-state index in [9.17, 15) is 4.79 Å². The van der Waals surface area contributed by atoms with E-state index >= 15 is 0 Å². The molecule has 154 valence electrons. The number of rotatable bonds is 6. The minimum atomic E-state index is -0.135. The van der Waals surface area contributed by atoms with Crippen LogP contribution in [0.4, 0.5) is 0 Å². The van der Waals surface area contributed by atoms with Crippen LogP contribution >= 0.6 is 0 Å². The Bertz CT molecular complexity index is 835. The predicted molar refractivity (Wildman–Crippen MR) is 115 cm³/mol. The van der Waals surface area contributed by atoms with E-state index in [-0.39, 0.29) is 12.0 Å². The van der Waals surface area contributed by atoms with Crippen molar-refractivity contribution >= 4 is 5.91 Å². The van der Waals surface area contributed by atoms with Crippen LogP contribution in [0.15, 0.2) is 48.5 Å². The van der Waals surface area contributed by atoms with E-state index in [0.717, 1.165) is 18.5 Å². The quantitative estimate of drug-likeness (QED) is 0.793. The number of nitrogens with one attached hydrogen (secondary N) is 1. The van der Waals surface area contributed by atoms with Crippen molar-refractivity contribution in [2.75, 3.05) is 13.2 Å². The van der Waals surface area contributed by atoms with Crippen molar-refractivity contribution in [2.24, 2.45) is 0 Å². The summed E-state index contributed by atoms with van der Waals surface area (Å²) >= 11 is 0. The topological polar surface area (TPSA) is 41.6 Å². The van der Waals surface area contributed by atoms with Crippen molar-refractivity contribution < 1.29 is 9.53 Å². The zero-order valence-corrected chi connectivity index (χ0v) is 17.4. The largest absolute Gasteiger partial charge is 0.373 e. The number of hydrogen-bond donors (Lipinski definition) is 1. The summed E-state index contributed by atoms with van der Waals surface area (Å²) in [6.07, 6.45) is 5.07. The van der Waals surface area contributed by atoms with Crippen molar-refractivity contribution in [1.82, 2.24) is 10.2 Å². The average molecular weight is 393 g/mol.